The first-order chi connectivity index (χ1) is 4.84. The van der Waals surface area contributed by atoms with E-state index in [1.54, 1.807) is 0 Å². The summed E-state index contributed by atoms with van der Waals surface area (Å²) < 4.78 is 0. The summed E-state index contributed by atoms with van der Waals surface area (Å²) in [7, 11) is 0. The van der Waals surface area contributed by atoms with Crippen molar-refractivity contribution in [3.63, 3.8) is 0 Å². The number of aliphatic hydroxyl groups is 1. The molecule has 2 atom stereocenters. The monoisotopic (exact) mass is 156 g/mol. The maximum Gasteiger partial charge on any atom is 0.0652 e. The van der Waals surface area contributed by atoms with Crippen LogP contribution in [0.2, 0.25) is 0 Å². The van der Waals surface area contributed by atoms with Crippen molar-refractivity contribution < 1.29 is 5.11 Å². The van der Waals surface area contributed by atoms with Crippen molar-refractivity contribution in [2.45, 2.75) is 52.6 Å². The molecule has 0 aromatic carbocycles. The summed E-state index contributed by atoms with van der Waals surface area (Å²) in [5, 5.41) is 9.99. The Labute approximate surface area is 69.8 Å². The number of rotatable bonds is 0. The van der Waals surface area contributed by atoms with E-state index in [4.69, 9.17) is 0 Å². The Bertz CT molecular complexity index is 141. The lowest BCUT2D eigenvalue weighted by molar-refractivity contribution is -0.0238. The third kappa shape index (κ3) is 1.76. The van der Waals surface area contributed by atoms with Crippen LogP contribution in [0.5, 0.6) is 0 Å². The Morgan fingerprint density at radius 1 is 1.36 bits per heavy atom. The molecule has 1 heteroatoms. The highest BCUT2D eigenvalue weighted by Crippen LogP contribution is 2.45. The van der Waals surface area contributed by atoms with Gasteiger partial charge in [0.25, 0.3) is 0 Å². The van der Waals surface area contributed by atoms with Gasteiger partial charge in [-0.2, -0.15) is 0 Å². The van der Waals surface area contributed by atoms with E-state index in [0.29, 0.717) is 5.92 Å². The van der Waals surface area contributed by atoms with E-state index in [2.05, 4.69) is 20.8 Å². The minimum atomic E-state index is -0.405. The van der Waals surface area contributed by atoms with E-state index >= 15 is 0 Å². The fourth-order valence-corrected chi connectivity index (χ4v) is 2.52. The molecule has 1 nitrogen and oxygen atoms in total. The van der Waals surface area contributed by atoms with Gasteiger partial charge in [0, 0.05) is 0 Å². The quantitative estimate of drug-likeness (QED) is 0.571. The Morgan fingerprint density at radius 3 is 2.09 bits per heavy atom. The predicted octanol–water partition coefficient (Wildman–Crippen LogP) is 2.58. The fourth-order valence-electron chi connectivity index (χ4n) is 2.52. The zero-order valence-electron chi connectivity index (χ0n) is 8.15. The maximum atomic E-state index is 9.99. The molecule has 0 aromatic rings. The van der Waals surface area contributed by atoms with Crippen LogP contribution in [0.15, 0.2) is 0 Å². The second-order valence-electron chi connectivity index (χ2n) is 5.17. The zero-order valence-corrected chi connectivity index (χ0v) is 8.15. The highest BCUT2D eigenvalue weighted by molar-refractivity contribution is 4.94. The predicted molar refractivity (Wildman–Crippen MR) is 47.4 cm³/mol. The van der Waals surface area contributed by atoms with Crippen molar-refractivity contribution in [3.05, 3.63) is 0 Å². The van der Waals surface area contributed by atoms with Crippen LogP contribution in [0.1, 0.15) is 47.0 Å². The van der Waals surface area contributed by atoms with Crippen molar-refractivity contribution in [2.75, 3.05) is 0 Å². The lowest BCUT2D eigenvalue weighted by atomic mass is 9.73. The molecule has 0 unspecified atom stereocenters. The third-order valence-corrected chi connectivity index (χ3v) is 2.97. The summed E-state index contributed by atoms with van der Waals surface area (Å²) in [6.45, 7) is 8.64. The van der Waals surface area contributed by atoms with Gasteiger partial charge in [-0.3, -0.25) is 0 Å². The standard InChI is InChI=1S/C10H20O/c1-9(2,3)8-6-5-7-10(8,4)11/h8,11H,5-7H2,1-4H3/t8-,10+/m1/s1. The van der Waals surface area contributed by atoms with E-state index in [-0.39, 0.29) is 5.41 Å². The van der Waals surface area contributed by atoms with Crippen LogP contribution in [0.3, 0.4) is 0 Å². The molecule has 11 heavy (non-hydrogen) atoms. The topological polar surface area (TPSA) is 20.2 Å². The number of hydrogen-bond acceptors (Lipinski definition) is 1. The Hall–Kier alpha value is -0.0400. The molecule has 1 aliphatic carbocycles. The van der Waals surface area contributed by atoms with E-state index < -0.39 is 5.60 Å². The molecule has 1 aliphatic rings. The summed E-state index contributed by atoms with van der Waals surface area (Å²) in [5.74, 6) is 0.481. The molecule has 1 fully saturated rings. The van der Waals surface area contributed by atoms with Crippen LogP contribution in [0.25, 0.3) is 0 Å². The number of hydrogen-bond donors (Lipinski definition) is 1. The Kier molecular flexibility index (Phi) is 2.04. The van der Waals surface area contributed by atoms with Crippen LogP contribution < -0.4 is 0 Å². The molecule has 0 saturated heterocycles. The summed E-state index contributed by atoms with van der Waals surface area (Å²) in [5.41, 5.74) is -0.141. The molecule has 0 spiro atoms. The van der Waals surface area contributed by atoms with Crippen molar-refractivity contribution in [3.8, 4) is 0 Å². The fraction of sp³-hybridized carbons (Fsp3) is 1.00. The van der Waals surface area contributed by atoms with Crippen molar-refractivity contribution in [1.82, 2.24) is 0 Å². The van der Waals surface area contributed by atoms with Crippen LogP contribution >= 0.6 is 0 Å². The van der Waals surface area contributed by atoms with E-state index in [0.717, 1.165) is 6.42 Å². The van der Waals surface area contributed by atoms with Gasteiger partial charge in [0.1, 0.15) is 0 Å². The third-order valence-electron chi connectivity index (χ3n) is 2.97. The van der Waals surface area contributed by atoms with Gasteiger partial charge in [-0.05, 0) is 31.1 Å². The summed E-state index contributed by atoms with van der Waals surface area (Å²) in [6.07, 6.45) is 3.36. The minimum absolute atomic E-state index is 0.264. The molecule has 1 N–H and O–H groups in total. The summed E-state index contributed by atoms with van der Waals surface area (Å²) >= 11 is 0. The van der Waals surface area contributed by atoms with Crippen molar-refractivity contribution >= 4 is 0 Å². The first kappa shape index (κ1) is 9.05. The molecule has 66 valence electrons. The Morgan fingerprint density at radius 2 is 1.91 bits per heavy atom. The molecule has 1 saturated carbocycles. The molecular weight excluding hydrogens is 136 g/mol. The second-order valence-corrected chi connectivity index (χ2v) is 5.17. The summed E-state index contributed by atoms with van der Waals surface area (Å²) in [6, 6.07) is 0. The van der Waals surface area contributed by atoms with Crippen LogP contribution in [-0.2, 0) is 0 Å². The smallest absolute Gasteiger partial charge is 0.0652 e. The maximum absolute atomic E-state index is 9.99. The molecule has 0 amide bonds. The van der Waals surface area contributed by atoms with Gasteiger partial charge in [-0.15, -0.1) is 0 Å². The van der Waals surface area contributed by atoms with Crippen LogP contribution in [-0.4, -0.2) is 10.7 Å². The Balaban J connectivity index is 2.73. The second kappa shape index (κ2) is 2.48. The van der Waals surface area contributed by atoms with Gasteiger partial charge >= 0.3 is 0 Å². The van der Waals surface area contributed by atoms with Gasteiger partial charge in [-0.25, -0.2) is 0 Å². The average Bonchev–Trinajstić information content (AvgIpc) is 2.06. The largest absolute Gasteiger partial charge is 0.390 e. The van der Waals surface area contributed by atoms with Gasteiger partial charge in [0.2, 0.25) is 0 Å². The van der Waals surface area contributed by atoms with Gasteiger partial charge in [-0.1, -0.05) is 27.2 Å². The van der Waals surface area contributed by atoms with E-state index in [1.807, 2.05) is 6.92 Å². The van der Waals surface area contributed by atoms with E-state index in [1.165, 1.54) is 12.8 Å². The van der Waals surface area contributed by atoms with Crippen molar-refractivity contribution in [2.24, 2.45) is 11.3 Å². The first-order valence-electron chi connectivity index (χ1n) is 4.56. The molecule has 0 aromatic heterocycles. The van der Waals surface area contributed by atoms with Gasteiger partial charge in [0.05, 0.1) is 5.60 Å². The lowest BCUT2D eigenvalue weighted by Crippen LogP contribution is -2.37. The highest BCUT2D eigenvalue weighted by Gasteiger charge is 2.43. The lowest BCUT2D eigenvalue weighted by Gasteiger charge is -2.36. The minimum Gasteiger partial charge on any atom is -0.390 e. The average molecular weight is 156 g/mol. The molecule has 0 heterocycles. The normalized spacial score (nSPS) is 39.5. The van der Waals surface area contributed by atoms with E-state index in [9.17, 15) is 5.11 Å². The molecule has 0 aliphatic heterocycles. The molecule has 0 radical (unpaired) electrons. The SMILES string of the molecule is CC(C)(C)[C@H]1CCC[C@]1(C)O. The molecule has 0 bridgehead atoms. The van der Waals surface area contributed by atoms with Crippen molar-refractivity contribution in [1.29, 1.82) is 0 Å². The van der Waals surface area contributed by atoms with Crippen LogP contribution in [0.4, 0.5) is 0 Å². The van der Waals surface area contributed by atoms with Crippen LogP contribution in [0, 0.1) is 11.3 Å². The highest BCUT2D eigenvalue weighted by atomic mass is 16.3. The zero-order chi connectivity index (χ0) is 8.70. The molecule has 1 rings (SSSR count). The van der Waals surface area contributed by atoms with Gasteiger partial charge < -0.3 is 5.11 Å². The molecular formula is C10H20O. The van der Waals surface area contributed by atoms with Gasteiger partial charge in [0.15, 0.2) is 0 Å². The first-order valence-corrected chi connectivity index (χ1v) is 4.56. The summed E-state index contributed by atoms with van der Waals surface area (Å²) in [4.78, 5) is 0.